The number of urea groups is 1. The van der Waals surface area contributed by atoms with Crippen molar-refractivity contribution in [3.63, 3.8) is 0 Å². The van der Waals surface area contributed by atoms with Gasteiger partial charge in [-0.1, -0.05) is 0 Å². The molecule has 0 bridgehead atoms. The van der Waals surface area contributed by atoms with E-state index < -0.39 is 20.0 Å². The number of hydrogen-bond donors (Lipinski definition) is 2. The standard InChI is InChI=1S/C14H28N4O5S2/c1-3-25(22,23)18-10-6-13(7-11-18)16-14(19)15-12-4-8-17(9-5-12)24(2,20)21/h12-13H,3-11H2,1-2H3,(H2,15,16,19). The van der Waals surface area contributed by atoms with Crippen LogP contribution in [0.4, 0.5) is 4.79 Å². The van der Waals surface area contributed by atoms with Gasteiger partial charge in [-0.05, 0) is 32.6 Å². The van der Waals surface area contributed by atoms with Crippen molar-refractivity contribution in [2.24, 2.45) is 0 Å². The third-order valence-corrected chi connectivity index (χ3v) is 7.99. The van der Waals surface area contributed by atoms with Gasteiger partial charge >= 0.3 is 6.03 Å². The molecule has 2 rings (SSSR count). The molecule has 25 heavy (non-hydrogen) atoms. The zero-order valence-electron chi connectivity index (χ0n) is 14.8. The van der Waals surface area contributed by atoms with Gasteiger partial charge in [0.2, 0.25) is 20.0 Å². The maximum Gasteiger partial charge on any atom is 0.315 e. The Morgan fingerprint density at radius 3 is 1.64 bits per heavy atom. The van der Waals surface area contributed by atoms with Gasteiger partial charge in [-0.3, -0.25) is 0 Å². The molecule has 2 N–H and O–H groups in total. The first-order chi connectivity index (χ1) is 11.6. The molecule has 2 fully saturated rings. The van der Waals surface area contributed by atoms with Crippen molar-refractivity contribution < 1.29 is 21.6 Å². The zero-order chi connectivity index (χ0) is 18.7. The minimum atomic E-state index is -3.17. The van der Waals surface area contributed by atoms with Crippen molar-refractivity contribution in [2.45, 2.75) is 44.7 Å². The fourth-order valence-corrected chi connectivity index (χ4v) is 5.21. The number of carbonyl (C=O) groups is 1. The summed E-state index contributed by atoms with van der Waals surface area (Å²) in [6.45, 7) is 3.30. The Kier molecular flexibility index (Phi) is 6.68. The van der Waals surface area contributed by atoms with E-state index in [4.69, 9.17) is 0 Å². The third-order valence-electron chi connectivity index (χ3n) is 4.81. The molecule has 0 saturated carbocycles. The van der Waals surface area contributed by atoms with Gasteiger partial charge in [-0.2, -0.15) is 0 Å². The van der Waals surface area contributed by atoms with Crippen LogP contribution in [0.15, 0.2) is 0 Å². The summed E-state index contributed by atoms with van der Waals surface area (Å²) in [5, 5.41) is 5.78. The lowest BCUT2D eigenvalue weighted by Crippen LogP contribution is -2.53. The highest BCUT2D eigenvalue weighted by atomic mass is 32.2. The molecule has 2 saturated heterocycles. The summed E-state index contributed by atoms with van der Waals surface area (Å²) in [7, 11) is -6.33. The number of carbonyl (C=O) groups excluding carboxylic acids is 1. The molecule has 0 aromatic rings. The number of nitrogens with one attached hydrogen (secondary N) is 2. The van der Waals surface area contributed by atoms with Crippen LogP contribution >= 0.6 is 0 Å². The van der Waals surface area contributed by atoms with Crippen molar-refractivity contribution in [1.82, 2.24) is 19.2 Å². The van der Waals surface area contributed by atoms with Crippen LogP contribution in [-0.2, 0) is 20.0 Å². The maximum absolute atomic E-state index is 12.1. The number of rotatable bonds is 5. The van der Waals surface area contributed by atoms with Gasteiger partial charge < -0.3 is 10.6 Å². The lowest BCUT2D eigenvalue weighted by atomic mass is 10.1. The summed E-state index contributed by atoms with van der Waals surface area (Å²) < 4.78 is 49.5. The minimum absolute atomic E-state index is 0.0422. The highest BCUT2D eigenvalue weighted by Gasteiger charge is 2.29. The first kappa shape index (κ1) is 20.4. The first-order valence-electron chi connectivity index (χ1n) is 8.62. The van der Waals surface area contributed by atoms with Gasteiger partial charge in [0.15, 0.2) is 0 Å². The van der Waals surface area contributed by atoms with E-state index in [0.717, 1.165) is 0 Å². The van der Waals surface area contributed by atoms with E-state index in [1.165, 1.54) is 14.9 Å². The molecule has 2 aliphatic rings. The van der Waals surface area contributed by atoms with Crippen molar-refractivity contribution in [3.8, 4) is 0 Å². The van der Waals surface area contributed by atoms with E-state index in [9.17, 15) is 21.6 Å². The molecule has 0 aliphatic carbocycles. The van der Waals surface area contributed by atoms with Crippen LogP contribution < -0.4 is 10.6 Å². The fourth-order valence-electron chi connectivity index (χ4n) is 3.21. The average molecular weight is 397 g/mol. The first-order valence-corrected chi connectivity index (χ1v) is 12.1. The second-order valence-electron chi connectivity index (χ2n) is 6.63. The summed E-state index contributed by atoms with van der Waals surface area (Å²) >= 11 is 0. The summed E-state index contributed by atoms with van der Waals surface area (Å²) in [6, 6.07) is -0.354. The van der Waals surface area contributed by atoms with Crippen LogP contribution in [0.1, 0.15) is 32.6 Å². The van der Waals surface area contributed by atoms with Gasteiger partial charge in [0.25, 0.3) is 0 Å². The fraction of sp³-hybridized carbons (Fsp3) is 0.929. The molecular weight excluding hydrogens is 368 g/mol. The Balaban J connectivity index is 1.72. The topological polar surface area (TPSA) is 116 Å². The van der Waals surface area contributed by atoms with Crippen molar-refractivity contribution in [3.05, 3.63) is 0 Å². The molecular formula is C14H28N4O5S2. The van der Waals surface area contributed by atoms with E-state index in [1.54, 1.807) is 6.92 Å². The molecule has 9 nitrogen and oxygen atoms in total. The number of nitrogens with zero attached hydrogens (tertiary/aromatic N) is 2. The number of sulfonamides is 2. The Bertz CT molecular complexity index is 663. The Morgan fingerprint density at radius 1 is 0.880 bits per heavy atom. The van der Waals surface area contributed by atoms with Crippen molar-refractivity contribution >= 4 is 26.1 Å². The van der Waals surface area contributed by atoms with Gasteiger partial charge in [0.1, 0.15) is 0 Å². The zero-order valence-corrected chi connectivity index (χ0v) is 16.4. The Morgan fingerprint density at radius 2 is 1.28 bits per heavy atom. The predicted octanol–water partition coefficient (Wildman–Crippen LogP) is -0.476. The number of amides is 2. The van der Waals surface area contributed by atoms with E-state index >= 15 is 0 Å². The molecule has 0 spiro atoms. The van der Waals surface area contributed by atoms with Crippen LogP contribution in [0.25, 0.3) is 0 Å². The number of piperidine rings is 2. The Labute approximate surface area is 150 Å². The summed E-state index contributed by atoms with van der Waals surface area (Å²) in [4.78, 5) is 12.1. The second kappa shape index (κ2) is 8.19. The molecule has 0 aromatic heterocycles. The average Bonchev–Trinajstić information content (AvgIpc) is 2.55. The number of hydrogen-bond acceptors (Lipinski definition) is 5. The van der Waals surface area contributed by atoms with Crippen molar-refractivity contribution in [1.29, 1.82) is 0 Å². The molecule has 2 heterocycles. The van der Waals surface area contributed by atoms with E-state index in [2.05, 4.69) is 10.6 Å². The van der Waals surface area contributed by atoms with Crippen LogP contribution in [0.3, 0.4) is 0 Å². The molecule has 146 valence electrons. The smallest absolute Gasteiger partial charge is 0.315 e. The highest BCUT2D eigenvalue weighted by Crippen LogP contribution is 2.15. The molecule has 0 unspecified atom stereocenters. The lowest BCUT2D eigenvalue weighted by Gasteiger charge is -2.33. The molecule has 0 atom stereocenters. The predicted molar refractivity (Wildman–Crippen MR) is 95.2 cm³/mol. The summed E-state index contributed by atoms with van der Waals surface area (Å²) in [6.07, 6.45) is 3.57. The maximum atomic E-state index is 12.1. The SMILES string of the molecule is CCS(=O)(=O)N1CCC(NC(=O)NC2CCN(S(C)(=O)=O)CC2)CC1. The van der Waals surface area contributed by atoms with Gasteiger partial charge in [-0.15, -0.1) is 0 Å². The molecule has 11 heteroatoms. The van der Waals surface area contributed by atoms with Crippen LogP contribution in [0, 0.1) is 0 Å². The van der Waals surface area contributed by atoms with Crippen LogP contribution in [0.5, 0.6) is 0 Å². The largest absolute Gasteiger partial charge is 0.335 e. The molecule has 2 amide bonds. The third kappa shape index (κ3) is 5.80. The monoisotopic (exact) mass is 396 g/mol. The quantitative estimate of drug-likeness (QED) is 0.651. The van der Waals surface area contributed by atoms with E-state index in [0.29, 0.717) is 51.9 Å². The second-order valence-corrected chi connectivity index (χ2v) is 10.9. The van der Waals surface area contributed by atoms with Gasteiger partial charge in [0.05, 0.1) is 12.0 Å². The normalized spacial score (nSPS) is 22.6. The van der Waals surface area contributed by atoms with E-state index in [1.807, 2.05) is 0 Å². The van der Waals surface area contributed by atoms with Crippen LogP contribution in [0.2, 0.25) is 0 Å². The summed E-state index contributed by atoms with van der Waals surface area (Å²) in [5.41, 5.74) is 0. The molecule has 0 radical (unpaired) electrons. The summed E-state index contributed by atoms with van der Waals surface area (Å²) in [5.74, 6) is 0.0950. The van der Waals surface area contributed by atoms with Gasteiger partial charge in [-0.25, -0.2) is 30.2 Å². The van der Waals surface area contributed by atoms with Crippen molar-refractivity contribution in [2.75, 3.05) is 38.2 Å². The molecule has 2 aliphatic heterocycles. The van der Waals surface area contributed by atoms with Gasteiger partial charge in [0, 0.05) is 38.3 Å². The van der Waals surface area contributed by atoms with E-state index in [-0.39, 0.29) is 23.9 Å². The van der Waals surface area contributed by atoms with Crippen LogP contribution in [-0.4, -0.2) is 81.7 Å². The highest BCUT2D eigenvalue weighted by molar-refractivity contribution is 7.89. The lowest BCUT2D eigenvalue weighted by molar-refractivity contribution is 0.216. The minimum Gasteiger partial charge on any atom is -0.335 e. The Hall–Kier alpha value is -0.910. The molecule has 0 aromatic carbocycles.